The maximum Gasteiger partial charge on any atom is 0.342 e. The summed E-state index contributed by atoms with van der Waals surface area (Å²) < 4.78 is 17.9. The Hall–Kier alpha value is -3.20. The highest BCUT2D eigenvalue weighted by Gasteiger charge is 2.19. The van der Waals surface area contributed by atoms with Crippen LogP contribution in [0.3, 0.4) is 0 Å². The van der Waals surface area contributed by atoms with Gasteiger partial charge in [0, 0.05) is 24.3 Å². The summed E-state index contributed by atoms with van der Waals surface area (Å²) in [6.45, 7) is 4.29. The summed E-state index contributed by atoms with van der Waals surface area (Å²) >= 11 is 1.02. The molecule has 0 aliphatic carbocycles. The normalized spacial score (nSPS) is 11.5. The van der Waals surface area contributed by atoms with Gasteiger partial charge in [-0.1, -0.05) is 0 Å². The molecule has 2 aromatic heterocycles. The SMILES string of the molecule is CCn1c(S/C(=C\c2ccc(C)o2)C(=O)O)nnc1-c1cc(OC)cc(OC)c1. The van der Waals surface area contributed by atoms with Crippen molar-refractivity contribution in [1.29, 1.82) is 0 Å². The number of carboxylic acid groups (broad SMARTS) is 1. The molecule has 0 spiro atoms. The van der Waals surface area contributed by atoms with Gasteiger partial charge < -0.3 is 23.6 Å². The lowest BCUT2D eigenvalue weighted by Gasteiger charge is -2.10. The zero-order chi connectivity index (χ0) is 21.0. The fourth-order valence-electron chi connectivity index (χ4n) is 2.69. The molecule has 9 heteroatoms. The van der Waals surface area contributed by atoms with E-state index >= 15 is 0 Å². The number of methoxy groups -OCH3 is 2. The van der Waals surface area contributed by atoms with Crippen LogP contribution in [0.2, 0.25) is 0 Å². The number of hydrogen-bond donors (Lipinski definition) is 1. The van der Waals surface area contributed by atoms with Gasteiger partial charge in [0.05, 0.1) is 14.2 Å². The third kappa shape index (κ3) is 4.62. The lowest BCUT2D eigenvalue weighted by Crippen LogP contribution is -2.03. The van der Waals surface area contributed by atoms with E-state index in [4.69, 9.17) is 13.9 Å². The van der Waals surface area contributed by atoms with Crippen molar-refractivity contribution in [1.82, 2.24) is 14.8 Å². The van der Waals surface area contributed by atoms with Crippen LogP contribution in [0.1, 0.15) is 18.4 Å². The topological polar surface area (TPSA) is 99.6 Å². The van der Waals surface area contributed by atoms with Gasteiger partial charge in [-0.05, 0) is 49.9 Å². The Labute approximate surface area is 172 Å². The maximum absolute atomic E-state index is 11.7. The molecule has 1 aromatic carbocycles. The second kappa shape index (κ2) is 8.87. The van der Waals surface area contributed by atoms with Crippen LogP contribution in [0.15, 0.2) is 44.8 Å². The minimum atomic E-state index is -1.07. The van der Waals surface area contributed by atoms with Gasteiger partial charge in [-0.25, -0.2) is 4.79 Å². The van der Waals surface area contributed by atoms with Gasteiger partial charge in [-0.15, -0.1) is 10.2 Å². The number of aryl methyl sites for hydroxylation is 1. The monoisotopic (exact) mass is 415 g/mol. The molecular weight excluding hydrogens is 394 g/mol. The van der Waals surface area contributed by atoms with Gasteiger partial charge in [0.2, 0.25) is 0 Å². The molecule has 0 bridgehead atoms. The van der Waals surface area contributed by atoms with E-state index in [1.807, 2.05) is 23.6 Å². The van der Waals surface area contributed by atoms with Crippen LogP contribution in [0.4, 0.5) is 0 Å². The van der Waals surface area contributed by atoms with Crippen molar-refractivity contribution in [2.24, 2.45) is 0 Å². The molecule has 2 heterocycles. The van der Waals surface area contributed by atoms with Crippen molar-refractivity contribution in [3.8, 4) is 22.9 Å². The average Bonchev–Trinajstić information content (AvgIpc) is 3.32. The van der Waals surface area contributed by atoms with Crippen LogP contribution in [-0.4, -0.2) is 40.1 Å². The summed E-state index contributed by atoms with van der Waals surface area (Å²) in [6, 6.07) is 8.91. The minimum Gasteiger partial charge on any atom is -0.497 e. The van der Waals surface area contributed by atoms with Crippen molar-refractivity contribution in [2.75, 3.05) is 14.2 Å². The quantitative estimate of drug-likeness (QED) is 0.434. The van der Waals surface area contributed by atoms with Crippen LogP contribution >= 0.6 is 11.8 Å². The molecule has 29 heavy (non-hydrogen) atoms. The summed E-state index contributed by atoms with van der Waals surface area (Å²) in [5.41, 5.74) is 0.755. The van der Waals surface area contributed by atoms with E-state index in [-0.39, 0.29) is 4.91 Å². The number of nitrogens with zero attached hydrogens (tertiary/aromatic N) is 3. The second-order valence-electron chi connectivity index (χ2n) is 6.02. The lowest BCUT2D eigenvalue weighted by molar-refractivity contribution is -0.131. The number of furan rings is 1. The Morgan fingerprint density at radius 3 is 2.41 bits per heavy atom. The molecule has 0 radical (unpaired) electrons. The van der Waals surface area contributed by atoms with Crippen molar-refractivity contribution in [3.05, 3.63) is 46.8 Å². The number of aliphatic carboxylic acids is 1. The molecule has 0 atom stereocenters. The predicted molar refractivity (Wildman–Crippen MR) is 109 cm³/mol. The van der Waals surface area contributed by atoms with E-state index in [0.717, 1.165) is 17.3 Å². The van der Waals surface area contributed by atoms with Gasteiger partial charge in [0.1, 0.15) is 27.9 Å². The largest absolute Gasteiger partial charge is 0.497 e. The molecule has 0 unspecified atom stereocenters. The number of rotatable bonds is 8. The fraction of sp³-hybridized carbons (Fsp3) is 0.250. The molecule has 0 aliphatic heterocycles. The van der Waals surface area contributed by atoms with Gasteiger partial charge in [0.25, 0.3) is 0 Å². The van der Waals surface area contributed by atoms with Crippen LogP contribution in [0, 0.1) is 6.92 Å². The van der Waals surface area contributed by atoms with Crippen LogP contribution in [0.5, 0.6) is 11.5 Å². The first kappa shape index (κ1) is 20.5. The van der Waals surface area contributed by atoms with E-state index in [1.165, 1.54) is 6.08 Å². The zero-order valence-corrected chi connectivity index (χ0v) is 17.3. The summed E-state index contributed by atoms with van der Waals surface area (Å²) in [6.07, 6.45) is 1.48. The van der Waals surface area contributed by atoms with E-state index < -0.39 is 5.97 Å². The smallest absolute Gasteiger partial charge is 0.342 e. The van der Waals surface area contributed by atoms with Gasteiger partial charge >= 0.3 is 5.97 Å². The summed E-state index contributed by atoms with van der Waals surface area (Å²) in [5.74, 6) is 1.94. The highest BCUT2D eigenvalue weighted by atomic mass is 32.2. The van der Waals surface area contributed by atoms with Crippen molar-refractivity contribution in [2.45, 2.75) is 25.5 Å². The van der Waals surface area contributed by atoms with E-state index in [9.17, 15) is 9.90 Å². The molecule has 8 nitrogen and oxygen atoms in total. The van der Waals surface area contributed by atoms with Gasteiger partial charge in [0.15, 0.2) is 11.0 Å². The molecule has 0 aliphatic rings. The maximum atomic E-state index is 11.7. The number of carboxylic acids is 1. The first-order chi connectivity index (χ1) is 13.9. The van der Waals surface area contributed by atoms with Gasteiger partial charge in [-0.3, -0.25) is 0 Å². The van der Waals surface area contributed by atoms with E-state index in [1.54, 1.807) is 39.3 Å². The number of aromatic nitrogens is 3. The minimum absolute atomic E-state index is 0.0798. The molecule has 152 valence electrons. The van der Waals surface area contributed by atoms with E-state index in [2.05, 4.69) is 10.2 Å². The molecule has 0 fully saturated rings. The predicted octanol–water partition coefficient (Wildman–Crippen LogP) is 4.10. The number of ether oxygens (including phenoxy) is 2. The summed E-state index contributed by atoms with van der Waals surface area (Å²) in [5, 5.41) is 18.5. The fourth-order valence-corrected chi connectivity index (χ4v) is 3.56. The van der Waals surface area contributed by atoms with Crippen LogP contribution in [-0.2, 0) is 11.3 Å². The number of carbonyl (C=O) groups is 1. The highest BCUT2D eigenvalue weighted by Crippen LogP contribution is 2.33. The van der Waals surface area contributed by atoms with Crippen LogP contribution < -0.4 is 9.47 Å². The standard InChI is InChI=1S/C20H21N3O5S/c1-5-23-18(13-8-15(26-3)10-16(9-13)27-4)21-22-20(23)29-17(19(24)25)11-14-7-6-12(2)28-14/h6-11H,5H2,1-4H3,(H,24,25)/b17-11-. The van der Waals surface area contributed by atoms with Gasteiger partial charge in [-0.2, -0.15) is 0 Å². The van der Waals surface area contributed by atoms with Crippen molar-refractivity contribution < 1.29 is 23.8 Å². The Kier molecular flexibility index (Phi) is 6.28. The third-order valence-corrected chi connectivity index (χ3v) is 5.09. The molecule has 3 rings (SSSR count). The number of thioether (sulfide) groups is 1. The molecule has 0 saturated heterocycles. The molecular formula is C20H21N3O5S. The molecule has 0 saturated carbocycles. The summed E-state index contributed by atoms with van der Waals surface area (Å²) in [4.78, 5) is 11.8. The third-order valence-electron chi connectivity index (χ3n) is 4.09. The molecule has 3 aromatic rings. The van der Waals surface area contributed by atoms with Crippen molar-refractivity contribution in [3.63, 3.8) is 0 Å². The average molecular weight is 415 g/mol. The zero-order valence-electron chi connectivity index (χ0n) is 16.5. The first-order valence-corrected chi connectivity index (χ1v) is 9.62. The Bertz CT molecular complexity index is 1030. The molecule has 0 amide bonds. The Balaban J connectivity index is 1.99. The highest BCUT2D eigenvalue weighted by molar-refractivity contribution is 8.04. The number of hydrogen-bond acceptors (Lipinski definition) is 7. The van der Waals surface area contributed by atoms with Crippen LogP contribution in [0.25, 0.3) is 17.5 Å². The van der Waals surface area contributed by atoms with E-state index in [0.29, 0.717) is 40.5 Å². The Morgan fingerprint density at radius 2 is 1.90 bits per heavy atom. The van der Waals surface area contributed by atoms with Crippen molar-refractivity contribution >= 4 is 23.8 Å². The second-order valence-corrected chi connectivity index (χ2v) is 7.03. The summed E-state index contributed by atoms with van der Waals surface area (Å²) in [7, 11) is 3.15. The number of benzene rings is 1. The first-order valence-electron chi connectivity index (χ1n) is 8.81. The molecule has 1 N–H and O–H groups in total. The lowest BCUT2D eigenvalue weighted by atomic mass is 10.2. The Morgan fingerprint density at radius 1 is 1.21 bits per heavy atom.